The molecule has 0 aliphatic rings. The highest BCUT2D eigenvalue weighted by atomic mass is 79.9. The van der Waals surface area contributed by atoms with Crippen LogP contribution in [0.4, 0.5) is 15.8 Å². The summed E-state index contributed by atoms with van der Waals surface area (Å²) in [4.78, 5) is 23.4. The molecule has 0 aliphatic carbocycles. The second-order valence-electron chi connectivity index (χ2n) is 4.45. The highest BCUT2D eigenvalue weighted by molar-refractivity contribution is 9.10. The lowest BCUT2D eigenvalue weighted by atomic mass is 10.2. The van der Waals surface area contributed by atoms with Crippen molar-refractivity contribution in [1.29, 1.82) is 0 Å². The molecule has 2 N–H and O–H groups in total. The van der Waals surface area contributed by atoms with Crippen molar-refractivity contribution in [2.24, 2.45) is 0 Å². The monoisotopic (exact) mass is 428 g/mol. The van der Waals surface area contributed by atoms with Crippen molar-refractivity contribution >= 4 is 55.0 Å². The van der Waals surface area contributed by atoms with Crippen LogP contribution in [0.15, 0.2) is 45.3 Å². The molecule has 7 heteroatoms. The summed E-state index contributed by atoms with van der Waals surface area (Å²) < 4.78 is 14.5. The van der Waals surface area contributed by atoms with E-state index in [0.717, 1.165) is 10.5 Å². The molecule has 0 aromatic heterocycles. The number of benzene rings is 2. The van der Waals surface area contributed by atoms with E-state index in [-0.39, 0.29) is 15.9 Å². The Bertz CT molecular complexity index is 750. The van der Waals surface area contributed by atoms with Gasteiger partial charge in [0.05, 0.1) is 15.8 Å². The first-order valence-electron chi connectivity index (χ1n) is 6.20. The van der Waals surface area contributed by atoms with Gasteiger partial charge in [0.1, 0.15) is 5.82 Å². The molecule has 0 saturated carbocycles. The van der Waals surface area contributed by atoms with Crippen LogP contribution in [-0.2, 0) is 4.79 Å². The summed E-state index contributed by atoms with van der Waals surface area (Å²) in [6.07, 6.45) is 0. The lowest BCUT2D eigenvalue weighted by Crippen LogP contribution is -2.15. The Kier molecular flexibility index (Phi) is 5.31. The zero-order valence-electron chi connectivity index (χ0n) is 11.4. The van der Waals surface area contributed by atoms with Crippen molar-refractivity contribution in [3.8, 4) is 0 Å². The van der Waals surface area contributed by atoms with Crippen LogP contribution in [0.3, 0.4) is 0 Å². The van der Waals surface area contributed by atoms with Gasteiger partial charge in [-0.3, -0.25) is 9.59 Å². The smallest absolute Gasteiger partial charge is 0.255 e. The van der Waals surface area contributed by atoms with Gasteiger partial charge in [-0.1, -0.05) is 15.9 Å². The summed E-state index contributed by atoms with van der Waals surface area (Å²) in [5.41, 5.74) is 1.05. The lowest BCUT2D eigenvalue weighted by molar-refractivity contribution is -0.114. The maximum atomic E-state index is 13.5. The highest BCUT2D eigenvalue weighted by Gasteiger charge is 2.12. The summed E-state index contributed by atoms with van der Waals surface area (Å²) in [6, 6.07) is 9.13. The van der Waals surface area contributed by atoms with Crippen LogP contribution in [0, 0.1) is 5.82 Å². The van der Waals surface area contributed by atoms with Crippen LogP contribution in [0.5, 0.6) is 0 Å². The number of anilines is 2. The molecule has 4 nitrogen and oxygen atoms in total. The molecule has 0 aliphatic heterocycles. The topological polar surface area (TPSA) is 58.2 Å². The lowest BCUT2D eigenvalue weighted by Gasteiger charge is -2.12. The fraction of sp³-hybridized carbons (Fsp3) is 0.0667. The van der Waals surface area contributed by atoms with Crippen LogP contribution in [-0.4, -0.2) is 11.8 Å². The van der Waals surface area contributed by atoms with Gasteiger partial charge in [0.25, 0.3) is 5.91 Å². The molecular weight excluding hydrogens is 419 g/mol. The molecule has 22 heavy (non-hydrogen) atoms. The van der Waals surface area contributed by atoms with Gasteiger partial charge in [-0.2, -0.15) is 0 Å². The molecule has 0 saturated heterocycles. The van der Waals surface area contributed by atoms with E-state index in [1.54, 1.807) is 18.2 Å². The van der Waals surface area contributed by atoms with Crippen molar-refractivity contribution in [1.82, 2.24) is 0 Å². The van der Waals surface area contributed by atoms with E-state index in [1.165, 1.54) is 19.1 Å². The average molecular weight is 430 g/mol. The summed E-state index contributed by atoms with van der Waals surface area (Å²) >= 11 is 6.33. The quantitative estimate of drug-likeness (QED) is 0.751. The van der Waals surface area contributed by atoms with Crippen LogP contribution in [0.1, 0.15) is 17.3 Å². The van der Waals surface area contributed by atoms with Crippen molar-refractivity contribution < 1.29 is 14.0 Å². The molecule has 0 radical (unpaired) electrons. The van der Waals surface area contributed by atoms with Gasteiger partial charge < -0.3 is 10.6 Å². The minimum Gasteiger partial charge on any atom is -0.325 e. The Balaban J connectivity index is 2.29. The second kappa shape index (κ2) is 7.02. The van der Waals surface area contributed by atoms with Gasteiger partial charge in [-0.15, -0.1) is 0 Å². The zero-order chi connectivity index (χ0) is 16.3. The van der Waals surface area contributed by atoms with E-state index in [9.17, 15) is 14.0 Å². The molecular formula is C15H11Br2FN2O2. The Hall–Kier alpha value is -1.73. The van der Waals surface area contributed by atoms with Gasteiger partial charge >= 0.3 is 0 Å². The number of hydrogen-bond donors (Lipinski definition) is 2. The Morgan fingerprint density at radius 3 is 2.36 bits per heavy atom. The predicted molar refractivity (Wildman–Crippen MR) is 90.5 cm³/mol. The van der Waals surface area contributed by atoms with E-state index in [2.05, 4.69) is 42.5 Å². The van der Waals surface area contributed by atoms with E-state index < -0.39 is 11.7 Å². The number of rotatable bonds is 3. The molecule has 0 spiro atoms. The van der Waals surface area contributed by atoms with Crippen molar-refractivity contribution in [2.75, 3.05) is 10.6 Å². The molecule has 0 fully saturated rings. The third kappa shape index (κ3) is 4.14. The SMILES string of the molecule is CC(=O)Nc1ccc(Br)cc1NC(=O)c1ccc(Br)c(F)c1. The maximum absolute atomic E-state index is 13.5. The van der Waals surface area contributed by atoms with Crippen LogP contribution >= 0.6 is 31.9 Å². The fourth-order valence-corrected chi connectivity index (χ4v) is 2.36. The van der Waals surface area contributed by atoms with E-state index in [1.807, 2.05) is 0 Å². The number of halogens is 3. The van der Waals surface area contributed by atoms with Crippen molar-refractivity contribution in [3.63, 3.8) is 0 Å². The largest absolute Gasteiger partial charge is 0.325 e. The molecule has 2 aromatic carbocycles. The standard InChI is InChI=1S/C15H11Br2FN2O2/c1-8(21)19-13-5-3-10(16)7-14(13)20-15(22)9-2-4-11(17)12(18)6-9/h2-7H,1H3,(H,19,21)(H,20,22). The normalized spacial score (nSPS) is 10.2. The van der Waals surface area contributed by atoms with Crippen molar-refractivity contribution in [2.45, 2.75) is 6.92 Å². The number of amides is 2. The predicted octanol–water partition coefficient (Wildman–Crippen LogP) is 4.56. The van der Waals surface area contributed by atoms with Gasteiger partial charge in [0.2, 0.25) is 5.91 Å². The molecule has 114 valence electrons. The minimum absolute atomic E-state index is 0.175. The highest BCUT2D eigenvalue weighted by Crippen LogP contribution is 2.27. The van der Waals surface area contributed by atoms with E-state index in [0.29, 0.717) is 11.4 Å². The first kappa shape index (κ1) is 16.6. The summed E-state index contributed by atoms with van der Waals surface area (Å²) in [5, 5.41) is 5.28. The summed E-state index contributed by atoms with van der Waals surface area (Å²) in [6.45, 7) is 1.37. The first-order chi connectivity index (χ1) is 10.4. The molecule has 2 rings (SSSR count). The molecule has 0 unspecified atom stereocenters. The third-order valence-corrected chi connectivity index (χ3v) is 3.86. The van der Waals surface area contributed by atoms with Crippen LogP contribution in [0.2, 0.25) is 0 Å². The third-order valence-electron chi connectivity index (χ3n) is 2.72. The number of carbonyl (C=O) groups excluding carboxylic acids is 2. The molecule has 0 atom stereocenters. The number of carbonyl (C=O) groups is 2. The fourth-order valence-electron chi connectivity index (χ4n) is 1.75. The number of hydrogen-bond acceptors (Lipinski definition) is 2. The maximum Gasteiger partial charge on any atom is 0.255 e. The first-order valence-corrected chi connectivity index (χ1v) is 7.79. The molecule has 0 bridgehead atoms. The molecule has 2 amide bonds. The van der Waals surface area contributed by atoms with Gasteiger partial charge in [0.15, 0.2) is 0 Å². The summed E-state index contributed by atoms with van der Waals surface area (Å²) in [7, 11) is 0. The Morgan fingerprint density at radius 1 is 1.00 bits per heavy atom. The van der Waals surface area contributed by atoms with Gasteiger partial charge in [0, 0.05) is 17.0 Å². The van der Waals surface area contributed by atoms with Crippen LogP contribution < -0.4 is 10.6 Å². The molecule has 0 heterocycles. The van der Waals surface area contributed by atoms with Crippen molar-refractivity contribution in [3.05, 3.63) is 56.7 Å². The Morgan fingerprint density at radius 2 is 1.73 bits per heavy atom. The summed E-state index contributed by atoms with van der Waals surface area (Å²) in [5.74, 6) is -1.26. The Labute approximate surface area is 143 Å². The van der Waals surface area contributed by atoms with Crippen LogP contribution in [0.25, 0.3) is 0 Å². The van der Waals surface area contributed by atoms with Gasteiger partial charge in [-0.25, -0.2) is 4.39 Å². The second-order valence-corrected chi connectivity index (χ2v) is 6.22. The average Bonchev–Trinajstić information content (AvgIpc) is 2.44. The molecule has 2 aromatic rings. The minimum atomic E-state index is -0.524. The van der Waals surface area contributed by atoms with E-state index >= 15 is 0 Å². The zero-order valence-corrected chi connectivity index (χ0v) is 14.6. The van der Waals surface area contributed by atoms with Gasteiger partial charge in [-0.05, 0) is 52.3 Å². The number of nitrogens with one attached hydrogen (secondary N) is 2. The van der Waals surface area contributed by atoms with E-state index in [4.69, 9.17) is 0 Å².